The molecule has 0 unspecified atom stereocenters. The number of hydrogen-bond acceptors (Lipinski definition) is 4. The van der Waals surface area contributed by atoms with E-state index >= 15 is 0 Å². The van der Waals surface area contributed by atoms with Crippen LogP contribution in [0.3, 0.4) is 0 Å². The zero-order valence-electron chi connectivity index (χ0n) is 18.0. The Hall–Kier alpha value is -2.37. The maximum Gasteiger partial charge on any atom is 0.223 e. The highest BCUT2D eigenvalue weighted by Crippen LogP contribution is 2.29. The largest absolute Gasteiger partial charge is 0.496 e. The molecule has 0 spiro atoms. The Bertz CT molecular complexity index is 811. The summed E-state index contributed by atoms with van der Waals surface area (Å²) in [5.41, 5.74) is 4.35. The van der Waals surface area contributed by atoms with Crippen molar-refractivity contribution >= 4 is 11.6 Å². The lowest BCUT2D eigenvalue weighted by molar-refractivity contribution is -0.116. The predicted molar refractivity (Wildman–Crippen MR) is 119 cm³/mol. The minimum absolute atomic E-state index is 0.0271. The summed E-state index contributed by atoms with van der Waals surface area (Å²) in [4.78, 5) is 13.2. The van der Waals surface area contributed by atoms with E-state index in [4.69, 9.17) is 4.74 Å². The molecular weight excluding hydrogens is 362 g/mol. The number of nitrogens with one attached hydrogen (secondary N) is 2. The molecule has 3 rings (SSSR count). The average Bonchev–Trinajstić information content (AvgIpc) is 2.77. The molecule has 0 radical (unpaired) electrons. The Morgan fingerprint density at radius 1 is 1.03 bits per heavy atom. The number of methoxy groups -OCH3 is 1. The second-order valence-corrected chi connectivity index (χ2v) is 7.87. The standard InChI is InChI=1S/C24H33N3O2/c1-17(28)27(3)23-12-5-18(6-13-23)19-7-14-24(29-4)20(15-19)16-26-22-10-8-21(25-2)9-11-22/h5-7,12-15,21-22,25-26H,8-11,16H2,1-4H3. The predicted octanol–water partition coefficient (Wildman–Crippen LogP) is 3.97. The van der Waals surface area contributed by atoms with Gasteiger partial charge in [0.2, 0.25) is 5.91 Å². The molecule has 0 atom stereocenters. The molecule has 2 N–H and O–H groups in total. The summed E-state index contributed by atoms with van der Waals surface area (Å²) in [5.74, 6) is 0.942. The number of carbonyl (C=O) groups is 1. The van der Waals surface area contributed by atoms with Crippen LogP contribution >= 0.6 is 0 Å². The number of anilines is 1. The van der Waals surface area contributed by atoms with E-state index in [0.29, 0.717) is 12.1 Å². The van der Waals surface area contributed by atoms with E-state index in [1.165, 1.54) is 31.2 Å². The smallest absolute Gasteiger partial charge is 0.223 e. The number of carbonyl (C=O) groups excluding carboxylic acids is 1. The Morgan fingerprint density at radius 3 is 2.24 bits per heavy atom. The summed E-state index contributed by atoms with van der Waals surface area (Å²) in [5, 5.41) is 7.11. The van der Waals surface area contributed by atoms with Crippen molar-refractivity contribution in [2.75, 3.05) is 26.1 Å². The maximum atomic E-state index is 11.6. The Labute approximate surface area is 174 Å². The number of nitrogens with zero attached hydrogens (tertiary/aromatic N) is 1. The van der Waals surface area contributed by atoms with Crippen LogP contribution in [0.4, 0.5) is 5.69 Å². The van der Waals surface area contributed by atoms with Gasteiger partial charge in [-0.05, 0) is 68.1 Å². The summed E-state index contributed by atoms with van der Waals surface area (Å²) in [6.07, 6.45) is 4.87. The van der Waals surface area contributed by atoms with E-state index in [0.717, 1.165) is 29.1 Å². The van der Waals surface area contributed by atoms with E-state index in [1.54, 1.807) is 26.0 Å². The van der Waals surface area contributed by atoms with E-state index < -0.39 is 0 Å². The second kappa shape index (κ2) is 9.90. The van der Waals surface area contributed by atoms with Gasteiger partial charge in [-0.2, -0.15) is 0 Å². The van der Waals surface area contributed by atoms with Crippen LogP contribution in [0, 0.1) is 0 Å². The molecule has 1 aliphatic carbocycles. The second-order valence-electron chi connectivity index (χ2n) is 7.87. The molecular formula is C24H33N3O2. The van der Waals surface area contributed by atoms with Gasteiger partial charge < -0.3 is 20.3 Å². The molecule has 0 aromatic heterocycles. The van der Waals surface area contributed by atoms with Crippen LogP contribution in [0.5, 0.6) is 5.75 Å². The van der Waals surface area contributed by atoms with Gasteiger partial charge in [0.05, 0.1) is 7.11 Å². The van der Waals surface area contributed by atoms with Crippen LogP contribution in [0.25, 0.3) is 11.1 Å². The average molecular weight is 396 g/mol. The monoisotopic (exact) mass is 395 g/mol. The van der Waals surface area contributed by atoms with Crippen molar-refractivity contribution in [3.8, 4) is 16.9 Å². The molecule has 2 aromatic rings. The lowest BCUT2D eigenvalue weighted by atomic mass is 9.91. The molecule has 0 bridgehead atoms. The summed E-state index contributed by atoms with van der Waals surface area (Å²) >= 11 is 0. The van der Waals surface area contributed by atoms with Gasteiger partial charge in [-0.3, -0.25) is 4.79 Å². The first-order chi connectivity index (χ1) is 14.0. The van der Waals surface area contributed by atoms with Crippen LogP contribution < -0.4 is 20.3 Å². The third-order valence-corrected chi connectivity index (χ3v) is 6.06. The molecule has 1 fully saturated rings. The Balaban J connectivity index is 1.71. The quantitative estimate of drug-likeness (QED) is 0.745. The van der Waals surface area contributed by atoms with Gasteiger partial charge in [-0.15, -0.1) is 0 Å². The van der Waals surface area contributed by atoms with Crippen molar-refractivity contribution in [2.45, 2.75) is 51.2 Å². The van der Waals surface area contributed by atoms with Gasteiger partial charge in [0.25, 0.3) is 0 Å². The van der Waals surface area contributed by atoms with Crippen LogP contribution in [-0.4, -0.2) is 39.2 Å². The van der Waals surface area contributed by atoms with Crippen molar-refractivity contribution in [3.05, 3.63) is 48.0 Å². The normalized spacial score (nSPS) is 19.0. The summed E-state index contributed by atoms with van der Waals surface area (Å²) in [6, 6.07) is 15.7. The van der Waals surface area contributed by atoms with Gasteiger partial charge in [-0.25, -0.2) is 0 Å². The minimum atomic E-state index is 0.0271. The number of benzene rings is 2. The van der Waals surface area contributed by atoms with Gasteiger partial charge in [0.15, 0.2) is 0 Å². The fourth-order valence-corrected chi connectivity index (χ4v) is 4.00. The van der Waals surface area contributed by atoms with Gasteiger partial charge in [0, 0.05) is 43.9 Å². The van der Waals surface area contributed by atoms with Gasteiger partial charge in [0.1, 0.15) is 5.75 Å². The van der Waals surface area contributed by atoms with Crippen molar-refractivity contribution in [1.82, 2.24) is 10.6 Å². The first-order valence-corrected chi connectivity index (χ1v) is 10.4. The lowest BCUT2D eigenvalue weighted by Crippen LogP contribution is -2.38. The highest BCUT2D eigenvalue weighted by atomic mass is 16.5. The SMILES string of the molecule is CNC1CCC(NCc2cc(-c3ccc(N(C)C(C)=O)cc3)ccc2OC)CC1. The zero-order chi connectivity index (χ0) is 20.8. The number of rotatable bonds is 7. The maximum absolute atomic E-state index is 11.6. The first-order valence-electron chi connectivity index (χ1n) is 10.4. The molecule has 5 heteroatoms. The van der Waals surface area contributed by atoms with Crippen LogP contribution in [0.1, 0.15) is 38.2 Å². The van der Waals surface area contributed by atoms with E-state index in [1.807, 2.05) is 18.2 Å². The number of amides is 1. The molecule has 0 aliphatic heterocycles. The molecule has 156 valence electrons. The fourth-order valence-electron chi connectivity index (χ4n) is 4.00. The molecule has 1 aliphatic rings. The van der Waals surface area contributed by atoms with E-state index in [2.05, 4.69) is 41.9 Å². The topological polar surface area (TPSA) is 53.6 Å². The molecule has 0 saturated heterocycles. The molecule has 1 saturated carbocycles. The Morgan fingerprint density at radius 2 is 1.66 bits per heavy atom. The van der Waals surface area contributed by atoms with E-state index in [9.17, 15) is 4.79 Å². The van der Waals surface area contributed by atoms with Gasteiger partial charge >= 0.3 is 0 Å². The summed E-state index contributed by atoms with van der Waals surface area (Å²) in [6.45, 7) is 2.37. The van der Waals surface area contributed by atoms with Crippen LogP contribution in [0.15, 0.2) is 42.5 Å². The van der Waals surface area contributed by atoms with Crippen molar-refractivity contribution in [3.63, 3.8) is 0 Å². The molecule has 5 nitrogen and oxygen atoms in total. The summed E-state index contributed by atoms with van der Waals surface area (Å²) in [7, 11) is 5.57. The third kappa shape index (κ3) is 5.37. The molecule has 2 aromatic carbocycles. The van der Waals surface area contributed by atoms with Crippen molar-refractivity contribution in [2.24, 2.45) is 0 Å². The molecule has 1 amide bonds. The van der Waals surface area contributed by atoms with Crippen LogP contribution in [0.2, 0.25) is 0 Å². The Kier molecular flexibility index (Phi) is 7.29. The zero-order valence-corrected chi connectivity index (χ0v) is 18.0. The molecule has 0 heterocycles. The molecule has 29 heavy (non-hydrogen) atoms. The lowest BCUT2D eigenvalue weighted by Gasteiger charge is -2.29. The van der Waals surface area contributed by atoms with Crippen molar-refractivity contribution in [1.29, 1.82) is 0 Å². The number of ether oxygens (including phenoxy) is 1. The fraction of sp³-hybridized carbons (Fsp3) is 0.458. The van der Waals surface area contributed by atoms with Gasteiger partial charge in [-0.1, -0.05) is 18.2 Å². The third-order valence-electron chi connectivity index (χ3n) is 6.06. The minimum Gasteiger partial charge on any atom is -0.496 e. The van der Waals surface area contributed by atoms with E-state index in [-0.39, 0.29) is 5.91 Å². The first kappa shape index (κ1) is 21.3. The number of hydrogen-bond donors (Lipinski definition) is 2. The highest BCUT2D eigenvalue weighted by molar-refractivity contribution is 5.91. The van der Waals surface area contributed by atoms with Crippen LogP contribution in [-0.2, 0) is 11.3 Å². The summed E-state index contributed by atoms with van der Waals surface area (Å²) < 4.78 is 5.59. The van der Waals surface area contributed by atoms with Crippen molar-refractivity contribution < 1.29 is 9.53 Å². The highest BCUT2D eigenvalue weighted by Gasteiger charge is 2.19.